The predicted octanol–water partition coefficient (Wildman–Crippen LogP) is 3.29. The van der Waals surface area contributed by atoms with E-state index in [0.717, 1.165) is 15.9 Å². The number of para-hydroxylation sites is 2. The lowest BCUT2D eigenvalue weighted by atomic mass is 10.3. The number of imidazole rings is 1. The highest BCUT2D eigenvalue weighted by Gasteiger charge is 2.17. The standard InChI is InChI=1S/C22H19N7O2S/c1-13-14(2)24-22(26-21(13)31)29-19(10-16(27-29)18-8-5-9-32-18)25-20(30)11-28-12-23-15-6-3-4-7-17(15)28/h3-10,12H,11H2,1-2H3,(H,25,30)(H,24,26,31). The Morgan fingerprint density at radius 3 is 2.81 bits per heavy atom. The van der Waals surface area contributed by atoms with E-state index in [0.29, 0.717) is 22.8 Å². The number of carbonyl (C=O) groups excluding carboxylic acids is 1. The van der Waals surface area contributed by atoms with Gasteiger partial charge >= 0.3 is 0 Å². The molecule has 0 saturated carbocycles. The molecule has 0 aliphatic heterocycles. The Hall–Kier alpha value is -4.05. The lowest BCUT2D eigenvalue weighted by Crippen LogP contribution is -2.22. The molecule has 9 nitrogen and oxygen atoms in total. The molecule has 5 rings (SSSR count). The molecule has 0 bridgehead atoms. The van der Waals surface area contributed by atoms with Crippen LogP contribution in [0.2, 0.25) is 0 Å². The monoisotopic (exact) mass is 445 g/mol. The molecule has 0 fully saturated rings. The molecule has 0 unspecified atom stereocenters. The minimum atomic E-state index is -0.252. The molecular weight excluding hydrogens is 426 g/mol. The minimum Gasteiger partial charge on any atom is -0.321 e. The maximum Gasteiger partial charge on any atom is 0.255 e. The topological polar surface area (TPSA) is 110 Å². The summed E-state index contributed by atoms with van der Waals surface area (Å²) >= 11 is 1.53. The van der Waals surface area contributed by atoms with Gasteiger partial charge in [-0.25, -0.2) is 9.97 Å². The molecule has 0 spiro atoms. The molecule has 0 aliphatic carbocycles. The smallest absolute Gasteiger partial charge is 0.255 e. The summed E-state index contributed by atoms with van der Waals surface area (Å²) in [7, 11) is 0. The molecule has 0 radical (unpaired) electrons. The number of nitrogens with zero attached hydrogens (tertiary/aromatic N) is 5. The van der Waals surface area contributed by atoms with Crippen LogP contribution < -0.4 is 10.9 Å². The molecule has 5 aromatic rings. The summed E-state index contributed by atoms with van der Waals surface area (Å²) in [5, 5.41) is 9.45. The second-order valence-corrected chi connectivity index (χ2v) is 8.26. The minimum absolute atomic E-state index is 0.0803. The summed E-state index contributed by atoms with van der Waals surface area (Å²) in [4.78, 5) is 37.7. The second kappa shape index (κ2) is 7.89. The van der Waals surface area contributed by atoms with E-state index in [-0.39, 0.29) is 24.0 Å². The number of hydrogen-bond acceptors (Lipinski definition) is 6. The van der Waals surface area contributed by atoms with Gasteiger partial charge in [0.1, 0.15) is 18.1 Å². The number of fused-ring (bicyclic) bond motifs is 1. The van der Waals surface area contributed by atoms with Gasteiger partial charge in [0.05, 0.1) is 22.2 Å². The van der Waals surface area contributed by atoms with Crippen molar-refractivity contribution < 1.29 is 4.79 Å². The van der Waals surface area contributed by atoms with Crippen molar-refractivity contribution in [2.75, 3.05) is 5.32 Å². The number of thiophene rings is 1. The maximum absolute atomic E-state index is 12.9. The number of amides is 1. The Morgan fingerprint density at radius 1 is 1.19 bits per heavy atom. The zero-order chi connectivity index (χ0) is 22.2. The molecule has 4 aromatic heterocycles. The van der Waals surface area contributed by atoms with Crippen LogP contribution in [0.5, 0.6) is 0 Å². The van der Waals surface area contributed by atoms with Gasteiger partial charge in [0, 0.05) is 17.3 Å². The summed E-state index contributed by atoms with van der Waals surface area (Å²) in [5.74, 6) is 0.400. The molecule has 160 valence electrons. The van der Waals surface area contributed by atoms with E-state index >= 15 is 0 Å². The molecule has 10 heteroatoms. The van der Waals surface area contributed by atoms with E-state index in [9.17, 15) is 9.59 Å². The zero-order valence-electron chi connectivity index (χ0n) is 17.4. The first kappa shape index (κ1) is 19.9. The number of aromatic amines is 1. The van der Waals surface area contributed by atoms with Crippen LogP contribution in [0.3, 0.4) is 0 Å². The number of carbonyl (C=O) groups is 1. The number of rotatable bonds is 5. The summed E-state index contributed by atoms with van der Waals surface area (Å²) in [6.45, 7) is 3.56. The fourth-order valence-electron chi connectivity index (χ4n) is 3.38. The van der Waals surface area contributed by atoms with Crippen molar-refractivity contribution in [3.05, 3.63) is 75.8 Å². The fraction of sp³-hybridized carbons (Fsp3) is 0.136. The van der Waals surface area contributed by atoms with Crippen molar-refractivity contribution in [2.24, 2.45) is 0 Å². The quantitative estimate of drug-likeness (QED) is 0.431. The van der Waals surface area contributed by atoms with Crippen molar-refractivity contribution in [1.82, 2.24) is 29.3 Å². The lowest BCUT2D eigenvalue weighted by Gasteiger charge is -2.10. The van der Waals surface area contributed by atoms with Crippen LogP contribution in [0, 0.1) is 13.8 Å². The van der Waals surface area contributed by atoms with Gasteiger partial charge in [-0.2, -0.15) is 9.78 Å². The summed E-state index contributed by atoms with van der Waals surface area (Å²) in [6.07, 6.45) is 1.64. The number of aryl methyl sites for hydroxylation is 1. The highest BCUT2D eigenvalue weighted by atomic mass is 32.1. The lowest BCUT2D eigenvalue weighted by molar-refractivity contribution is -0.116. The zero-order valence-corrected chi connectivity index (χ0v) is 18.2. The normalized spacial score (nSPS) is 11.2. The largest absolute Gasteiger partial charge is 0.321 e. The number of benzene rings is 1. The van der Waals surface area contributed by atoms with Gasteiger partial charge in [-0.1, -0.05) is 18.2 Å². The van der Waals surface area contributed by atoms with Crippen LogP contribution in [0.1, 0.15) is 11.3 Å². The Morgan fingerprint density at radius 2 is 2.03 bits per heavy atom. The van der Waals surface area contributed by atoms with Gasteiger partial charge < -0.3 is 9.88 Å². The molecule has 2 N–H and O–H groups in total. The van der Waals surface area contributed by atoms with Crippen LogP contribution in [0.25, 0.3) is 27.6 Å². The number of nitrogens with one attached hydrogen (secondary N) is 2. The van der Waals surface area contributed by atoms with Crippen molar-refractivity contribution in [3.8, 4) is 16.5 Å². The van der Waals surface area contributed by atoms with Crippen LogP contribution in [-0.4, -0.2) is 35.2 Å². The van der Waals surface area contributed by atoms with Crippen LogP contribution >= 0.6 is 11.3 Å². The summed E-state index contributed by atoms with van der Waals surface area (Å²) in [6, 6.07) is 13.3. The Balaban J connectivity index is 1.51. The third-order valence-electron chi connectivity index (χ3n) is 5.17. The Labute approximate surface area is 186 Å². The number of anilines is 1. The average molecular weight is 446 g/mol. The maximum atomic E-state index is 12.9. The molecule has 0 atom stereocenters. The van der Waals surface area contributed by atoms with Gasteiger partial charge in [0.15, 0.2) is 0 Å². The molecule has 0 aliphatic rings. The molecule has 1 aromatic carbocycles. The van der Waals surface area contributed by atoms with E-state index in [1.807, 2.05) is 41.8 Å². The number of hydrogen-bond donors (Lipinski definition) is 2. The van der Waals surface area contributed by atoms with E-state index in [2.05, 4.69) is 25.4 Å². The Kier molecular flexibility index (Phi) is 4.91. The number of H-pyrrole nitrogens is 1. The third kappa shape index (κ3) is 3.60. The van der Waals surface area contributed by atoms with E-state index in [1.54, 1.807) is 30.8 Å². The first-order valence-corrected chi connectivity index (χ1v) is 10.8. The Bertz CT molecular complexity index is 1490. The first-order chi connectivity index (χ1) is 15.5. The van der Waals surface area contributed by atoms with Crippen LogP contribution in [0.4, 0.5) is 5.82 Å². The second-order valence-electron chi connectivity index (χ2n) is 7.31. The van der Waals surface area contributed by atoms with Crippen LogP contribution in [-0.2, 0) is 11.3 Å². The first-order valence-electron chi connectivity index (χ1n) is 9.91. The SMILES string of the molecule is Cc1nc(-n2nc(-c3cccs3)cc2NC(=O)Cn2cnc3ccccc32)[nH]c(=O)c1C. The summed E-state index contributed by atoms with van der Waals surface area (Å²) < 4.78 is 3.23. The van der Waals surface area contributed by atoms with E-state index in [4.69, 9.17) is 0 Å². The van der Waals surface area contributed by atoms with Crippen LogP contribution in [0.15, 0.2) is 59.0 Å². The van der Waals surface area contributed by atoms with Gasteiger partial charge in [-0.3, -0.25) is 14.6 Å². The average Bonchev–Trinajstić information content (AvgIpc) is 3.52. The fourth-order valence-corrected chi connectivity index (χ4v) is 4.06. The van der Waals surface area contributed by atoms with E-state index in [1.165, 1.54) is 16.0 Å². The molecule has 0 saturated heterocycles. The van der Waals surface area contributed by atoms with Crippen molar-refractivity contribution in [1.29, 1.82) is 0 Å². The van der Waals surface area contributed by atoms with Gasteiger partial charge in [0.25, 0.3) is 5.56 Å². The molecule has 4 heterocycles. The van der Waals surface area contributed by atoms with Gasteiger partial charge in [0.2, 0.25) is 11.9 Å². The highest BCUT2D eigenvalue weighted by molar-refractivity contribution is 7.13. The van der Waals surface area contributed by atoms with Crippen molar-refractivity contribution >= 4 is 34.1 Å². The molecular formula is C22H19N7O2S. The third-order valence-corrected chi connectivity index (χ3v) is 6.07. The molecule has 32 heavy (non-hydrogen) atoms. The predicted molar refractivity (Wildman–Crippen MR) is 123 cm³/mol. The highest BCUT2D eigenvalue weighted by Crippen LogP contribution is 2.27. The van der Waals surface area contributed by atoms with Gasteiger partial charge in [-0.15, -0.1) is 11.3 Å². The van der Waals surface area contributed by atoms with E-state index < -0.39 is 0 Å². The van der Waals surface area contributed by atoms with Crippen molar-refractivity contribution in [3.63, 3.8) is 0 Å². The number of aromatic nitrogens is 6. The summed E-state index contributed by atoms with van der Waals surface area (Å²) in [5.41, 5.74) is 3.25. The molecule has 1 amide bonds. The van der Waals surface area contributed by atoms with Gasteiger partial charge in [-0.05, 0) is 37.4 Å². The van der Waals surface area contributed by atoms with Crippen molar-refractivity contribution in [2.45, 2.75) is 20.4 Å².